The van der Waals surface area contributed by atoms with Crippen LogP contribution in [0.15, 0.2) is 18.2 Å². The van der Waals surface area contributed by atoms with E-state index in [2.05, 4.69) is 13.0 Å². The van der Waals surface area contributed by atoms with Crippen molar-refractivity contribution in [2.24, 2.45) is 5.73 Å². The molecule has 1 aliphatic rings. The summed E-state index contributed by atoms with van der Waals surface area (Å²) in [5.41, 5.74) is 6.79. The van der Waals surface area contributed by atoms with Gasteiger partial charge >= 0.3 is 0 Å². The van der Waals surface area contributed by atoms with Gasteiger partial charge in [-0.1, -0.05) is 13.0 Å². The van der Waals surface area contributed by atoms with Crippen molar-refractivity contribution in [2.45, 2.75) is 19.3 Å². The second-order valence-corrected chi connectivity index (χ2v) is 3.59. The summed E-state index contributed by atoms with van der Waals surface area (Å²) in [5.74, 6) is 2.18. The van der Waals surface area contributed by atoms with Crippen molar-refractivity contribution in [3.63, 3.8) is 0 Å². The maximum atomic E-state index is 5.52. The molecule has 0 fully saturated rings. The molecule has 3 heteroatoms. The Labute approximate surface area is 83.8 Å². The molecule has 1 aromatic carbocycles. The molecule has 0 spiro atoms. The Bertz CT molecular complexity index is 325. The number of benzene rings is 1. The van der Waals surface area contributed by atoms with Gasteiger partial charge in [-0.05, 0) is 36.6 Å². The fourth-order valence-corrected chi connectivity index (χ4v) is 1.64. The predicted octanol–water partition coefficient (Wildman–Crippen LogP) is 1.87. The Kier molecular flexibility index (Phi) is 2.59. The predicted molar refractivity (Wildman–Crippen MR) is 54.7 cm³/mol. The monoisotopic (exact) mass is 193 g/mol. The lowest BCUT2D eigenvalue weighted by molar-refractivity contribution is 0.174. The lowest BCUT2D eigenvalue weighted by Gasteiger charge is -2.10. The summed E-state index contributed by atoms with van der Waals surface area (Å²) in [5, 5.41) is 0. The Morgan fingerprint density at radius 1 is 1.36 bits per heavy atom. The van der Waals surface area contributed by atoms with Crippen molar-refractivity contribution in [3.05, 3.63) is 23.8 Å². The summed E-state index contributed by atoms with van der Waals surface area (Å²) < 4.78 is 10.6. The van der Waals surface area contributed by atoms with Crippen LogP contribution >= 0.6 is 0 Å². The van der Waals surface area contributed by atoms with Crippen LogP contribution in [0, 0.1) is 0 Å². The number of fused-ring (bicyclic) bond motifs is 1. The normalized spacial score (nSPS) is 15.6. The van der Waals surface area contributed by atoms with Gasteiger partial charge in [0.2, 0.25) is 6.79 Å². The summed E-state index contributed by atoms with van der Waals surface area (Å²) in [6.45, 7) is 3.23. The number of nitrogens with two attached hydrogens (primary N) is 1. The number of rotatable bonds is 3. The molecule has 1 heterocycles. The third kappa shape index (κ3) is 1.68. The highest BCUT2D eigenvalue weighted by molar-refractivity contribution is 5.45. The largest absolute Gasteiger partial charge is 0.454 e. The van der Waals surface area contributed by atoms with Crippen molar-refractivity contribution in [1.29, 1.82) is 0 Å². The quantitative estimate of drug-likeness (QED) is 0.797. The molecule has 76 valence electrons. The second kappa shape index (κ2) is 3.88. The fraction of sp³-hybridized carbons (Fsp3) is 0.455. The topological polar surface area (TPSA) is 44.5 Å². The molecule has 3 nitrogen and oxygen atoms in total. The maximum absolute atomic E-state index is 5.52. The first kappa shape index (κ1) is 9.34. The number of hydrogen-bond donors (Lipinski definition) is 1. The van der Waals surface area contributed by atoms with Crippen molar-refractivity contribution in [1.82, 2.24) is 0 Å². The van der Waals surface area contributed by atoms with Gasteiger partial charge in [0.15, 0.2) is 11.5 Å². The molecule has 1 atom stereocenters. The molecule has 1 aromatic rings. The second-order valence-electron chi connectivity index (χ2n) is 3.59. The molecule has 14 heavy (non-hydrogen) atoms. The third-order valence-electron chi connectivity index (χ3n) is 2.57. The van der Waals surface area contributed by atoms with Crippen molar-refractivity contribution < 1.29 is 9.47 Å². The minimum Gasteiger partial charge on any atom is -0.454 e. The third-order valence-corrected chi connectivity index (χ3v) is 2.57. The zero-order valence-electron chi connectivity index (χ0n) is 8.32. The average molecular weight is 193 g/mol. The molecule has 0 aromatic heterocycles. The minimum absolute atomic E-state index is 0.337. The van der Waals surface area contributed by atoms with Crippen LogP contribution < -0.4 is 15.2 Å². The smallest absolute Gasteiger partial charge is 0.231 e. The Morgan fingerprint density at radius 3 is 2.93 bits per heavy atom. The fourth-order valence-electron chi connectivity index (χ4n) is 1.64. The first-order valence-electron chi connectivity index (χ1n) is 4.91. The molecule has 0 saturated heterocycles. The average Bonchev–Trinajstić information content (AvgIpc) is 2.64. The molecular weight excluding hydrogens is 178 g/mol. The van der Waals surface area contributed by atoms with Gasteiger partial charge in [-0.3, -0.25) is 0 Å². The minimum atomic E-state index is 0.337. The lowest BCUT2D eigenvalue weighted by Crippen LogP contribution is -2.04. The standard InChI is InChI=1S/C11H15NO2/c1-8(4-5-12)9-2-3-10-11(6-9)14-7-13-10/h2-3,6,8H,4-5,7,12H2,1H3. The van der Waals surface area contributed by atoms with Crippen LogP contribution in [0.3, 0.4) is 0 Å². The SMILES string of the molecule is CC(CCN)c1ccc2c(c1)OCO2. The molecule has 2 N–H and O–H groups in total. The van der Waals surface area contributed by atoms with E-state index in [0.717, 1.165) is 24.5 Å². The van der Waals surface area contributed by atoms with Crippen LogP contribution in [0.1, 0.15) is 24.8 Å². The van der Waals surface area contributed by atoms with Crippen molar-refractivity contribution in [2.75, 3.05) is 13.3 Å². The van der Waals surface area contributed by atoms with Crippen LogP contribution in [-0.4, -0.2) is 13.3 Å². The molecule has 1 unspecified atom stereocenters. The van der Waals surface area contributed by atoms with Gasteiger partial charge in [-0.2, -0.15) is 0 Å². The number of hydrogen-bond acceptors (Lipinski definition) is 3. The van der Waals surface area contributed by atoms with E-state index in [1.165, 1.54) is 5.56 Å². The molecule has 1 aliphatic heterocycles. The Hall–Kier alpha value is -1.22. The highest BCUT2D eigenvalue weighted by Crippen LogP contribution is 2.34. The van der Waals surface area contributed by atoms with E-state index in [1.54, 1.807) is 0 Å². The van der Waals surface area contributed by atoms with Crippen LogP contribution in [0.25, 0.3) is 0 Å². The lowest BCUT2D eigenvalue weighted by atomic mass is 9.97. The molecule has 0 amide bonds. The maximum Gasteiger partial charge on any atom is 0.231 e. The Morgan fingerprint density at radius 2 is 2.14 bits per heavy atom. The van der Waals surface area contributed by atoms with E-state index in [9.17, 15) is 0 Å². The Balaban J connectivity index is 2.19. The summed E-state index contributed by atoms with van der Waals surface area (Å²) in [7, 11) is 0. The van der Waals surface area contributed by atoms with Crippen LogP contribution in [0.2, 0.25) is 0 Å². The van der Waals surface area contributed by atoms with Crippen LogP contribution in [0.4, 0.5) is 0 Å². The molecule has 0 bridgehead atoms. The van der Waals surface area contributed by atoms with Crippen molar-refractivity contribution >= 4 is 0 Å². The highest BCUT2D eigenvalue weighted by Gasteiger charge is 2.15. The van der Waals surface area contributed by atoms with E-state index >= 15 is 0 Å². The zero-order valence-corrected chi connectivity index (χ0v) is 8.32. The molecule has 0 aliphatic carbocycles. The van der Waals surface area contributed by atoms with Gasteiger partial charge < -0.3 is 15.2 Å². The van der Waals surface area contributed by atoms with Gasteiger partial charge in [-0.15, -0.1) is 0 Å². The molecule has 2 rings (SSSR count). The summed E-state index contributed by atoms with van der Waals surface area (Å²) in [6.07, 6.45) is 1.000. The first-order chi connectivity index (χ1) is 6.81. The molecule has 0 radical (unpaired) electrons. The van der Waals surface area contributed by atoms with Gasteiger partial charge in [-0.25, -0.2) is 0 Å². The van der Waals surface area contributed by atoms with E-state index in [-0.39, 0.29) is 0 Å². The van der Waals surface area contributed by atoms with Gasteiger partial charge in [0.05, 0.1) is 0 Å². The zero-order chi connectivity index (χ0) is 9.97. The van der Waals surface area contributed by atoms with Gasteiger partial charge in [0.25, 0.3) is 0 Å². The van der Waals surface area contributed by atoms with E-state index in [0.29, 0.717) is 12.7 Å². The number of ether oxygens (including phenoxy) is 2. The van der Waals surface area contributed by atoms with E-state index < -0.39 is 0 Å². The molecular formula is C11H15NO2. The summed E-state index contributed by atoms with van der Waals surface area (Å²) in [6, 6.07) is 6.08. The van der Waals surface area contributed by atoms with E-state index in [4.69, 9.17) is 15.2 Å². The van der Waals surface area contributed by atoms with Crippen molar-refractivity contribution in [3.8, 4) is 11.5 Å². The summed E-state index contributed by atoms with van der Waals surface area (Å²) in [4.78, 5) is 0. The van der Waals surface area contributed by atoms with Gasteiger partial charge in [0.1, 0.15) is 0 Å². The van der Waals surface area contributed by atoms with Crippen LogP contribution in [-0.2, 0) is 0 Å². The van der Waals surface area contributed by atoms with Gasteiger partial charge in [0, 0.05) is 0 Å². The summed E-state index contributed by atoms with van der Waals surface area (Å²) >= 11 is 0. The van der Waals surface area contributed by atoms with E-state index in [1.807, 2.05) is 12.1 Å². The molecule has 0 saturated carbocycles. The first-order valence-corrected chi connectivity index (χ1v) is 4.91. The highest BCUT2D eigenvalue weighted by atomic mass is 16.7. The van der Waals surface area contributed by atoms with Crippen LogP contribution in [0.5, 0.6) is 11.5 Å².